The first-order valence-electron chi connectivity index (χ1n) is 4.32. The summed E-state index contributed by atoms with van der Waals surface area (Å²) >= 11 is 0. The normalized spacial score (nSPS) is 17.9. The second kappa shape index (κ2) is 5.88. The maximum atomic E-state index is 5.79. The van der Waals surface area contributed by atoms with E-state index in [0.717, 1.165) is 0 Å². The summed E-state index contributed by atoms with van der Waals surface area (Å²) in [4.78, 5) is 1.86. The van der Waals surface area contributed by atoms with E-state index in [4.69, 9.17) is 17.2 Å². The summed E-state index contributed by atoms with van der Waals surface area (Å²) in [5.74, 6) is 0. The highest BCUT2D eigenvalue weighted by atomic mass is 15.3. The zero-order valence-corrected chi connectivity index (χ0v) is 8.19. The SMILES string of the molecule is C=CC(N)N(C(N)C=C)C(C)CN. The van der Waals surface area contributed by atoms with Crippen LogP contribution in [-0.2, 0) is 0 Å². The second-order valence-electron chi connectivity index (χ2n) is 2.98. The molecule has 0 heterocycles. The first-order valence-corrected chi connectivity index (χ1v) is 4.32. The van der Waals surface area contributed by atoms with Crippen LogP contribution in [0.15, 0.2) is 25.3 Å². The number of nitrogens with zero attached hydrogens (tertiary/aromatic N) is 1. The summed E-state index contributed by atoms with van der Waals surface area (Å²) < 4.78 is 0. The first-order chi connectivity index (χ1) is 6.08. The molecule has 13 heavy (non-hydrogen) atoms. The molecule has 0 radical (unpaired) electrons. The van der Waals surface area contributed by atoms with Gasteiger partial charge >= 0.3 is 0 Å². The third-order valence-corrected chi connectivity index (χ3v) is 2.02. The molecule has 0 aliphatic carbocycles. The average molecular weight is 184 g/mol. The van der Waals surface area contributed by atoms with Crippen molar-refractivity contribution >= 4 is 0 Å². The number of hydrogen-bond acceptors (Lipinski definition) is 4. The smallest absolute Gasteiger partial charge is 0.0779 e. The van der Waals surface area contributed by atoms with Gasteiger partial charge in [0, 0.05) is 12.6 Å². The Bertz CT molecular complexity index is 155. The molecule has 0 fully saturated rings. The van der Waals surface area contributed by atoms with E-state index in [0.29, 0.717) is 6.54 Å². The topological polar surface area (TPSA) is 81.3 Å². The Balaban J connectivity index is 4.52. The van der Waals surface area contributed by atoms with Crippen molar-refractivity contribution in [1.29, 1.82) is 0 Å². The lowest BCUT2D eigenvalue weighted by molar-refractivity contribution is 0.144. The van der Waals surface area contributed by atoms with Gasteiger partial charge in [-0.05, 0) is 6.92 Å². The molecule has 0 aromatic rings. The molecule has 4 heteroatoms. The van der Waals surface area contributed by atoms with Crippen molar-refractivity contribution in [2.75, 3.05) is 6.54 Å². The molecule has 0 bridgehead atoms. The standard InChI is InChI=1S/C9H20N4/c1-4-8(11)13(7(3)6-10)9(12)5-2/h4-5,7-9H,1-2,6,10-12H2,3H3. The summed E-state index contributed by atoms with van der Waals surface area (Å²) in [5.41, 5.74) is 17.1. The fourth-order valence-corrected chi connectivity index (χ4v) is 1.15. The predicted molar refractivity (Wildman–Crippen MR) is 56.7 cm³/mol. The molecule has 4 nitrogen and oxygen atoms in total. The molecule has 3 atom stereocenters. The van der Waals surface area contributed by atoms with Gasteiger partial charge in [0.25, 0.3) is 0 Å². The van der Waals surface area contributed by atoms with Crippen molar-refractivity contribution in [1.82, 2.24) is 4.90 Å². The van der Waals surface area contributed by atoms with E-state index in [2.05, 4.69) is 13.2 Å². The van der Waals surface area contributed by atoms with Crippen LogP contribution in [-0.4, -0.2) is 29.8 Å². The molecule has 0 spiro atoms. The molecule has 0 aromatic heterocycles. The summed E-state index contributed by atoms with van der Waals surface area (Å²) in [5, 5.41) is 0. The van der Waals surface area contributed by atoms with E-state index in [1.165, 1.54) is 0 Å². The molecule has 6 N–H and O–H groups in total. The molecule has 0 rings (SSSR count). The minimum atomic E-state index is -0.286. The Hall–Kier alpha value is -0.680. The molecule has 0 amide bonds. The van der Waals surface area contributed by atoms with Crippen LogP contribution in [0.1, 0.15) is 6.92 Å². The zero-order valence-electron chi connectivity index (χ0n) is 8.19. The number of rotatable bonds is 6. The fraction of sp³-hybridized carbons (Fsp3) is 0.556. The fourth-order valence-electron chi connectivity index (χ4n) is 1.15. The molecular formula is C9H20N4. The molecule has 76 valence electrons. The molecule has 3 unspecified atom stereocenters. The Morgan fingerprint density at radius 2 is 1.62 bits per heavy atom. The van der Waals surface area contributed by atoms with Crippen LogP contribution >= 0.6 is 0 Å². The van der Waals surface area contributed by atoms with Crippen LogP contribution < -0.4 is 17.2 Å². The third kappa shape index (κ3) is 3.28. The van der Waals surface area contributed by atoms with Crippen LogP contribution in [0.3, 0.4) is 0 Å². The van der Waals surface area contributed by atoms with Crippen LogP contribution in [0.4, 0.5) is 0 Å². The van der Waals surface area contributed by atoms with E-state index in [1.807, 2.05) is 11.8 Å². The van der Waals surface area contributed by atoms with Crippen molar-refractivity contribution in [2.24, 2.45) is 17.2 Å². The first kappa shape index (κ1) is 12.3. The van der Waals surface area contributed by atoms with Gasteiger partial charge in [0.2, 0.25) is 0 Å². The van der Waals surface area contributed by atoms with Gasteiger partial charge in [0.15, 0.2) is 0 Å². The predicted octanol–water partition coefficient (Wildman–Crippen LogP) is -0.423. The molecule has 0 aliphatic heterocycles. The van der Waals surface area contributed by atoms with Gasteiger partial charge in [-0.1, -0.05) is 12.2 Å². The minimum absolute atomic E-state index is 0.112. The number of hydrogen-bond donors (Lipinski definition) is 3. The van der Waals surface area contributed by atoms with Gasteiger partial charge in [-0.15, -0.1) is 13.2 Å². The van der Waals surface area contributed by atoms with Crippen molar-refractivity contribution in [3.63, 3.8) is 0 Å². The minimum Gasteiger partial charge on any atom is -0.329 e. The van der Waals surface area contributed by atoms with Crippen molar-refractivity contribution in [3.05, 3.63) is 25.3 Å². The molecule has 0 aromatic carbocycles. The lowest BCUT2D eigenvalue weighted by atomic mass is 10.2. The lowest BCUT2D eigenvalue weighted by Crippen LogP contribution is -2.56. The Labute approximate surface area is 80.1 Å². The highest BCUT2D eigenvalue weighted by Gasteiger charge is 2.21. The van der Waals surface area contributed by atoms with Gasteiger partial charge in [-0.25, -0.2) is 0 Å². The average Bonchev–Trinajstić information content (AvgIpc) is 2.16. The highest BCUT2D eigenvalue weighted by Crippen LogP contribution is 2.05. The highest BCUT2D eigenvalue weighted by molar-refractivity contribution is 4.94. The van der Waals surface area contributed by atoms with E-state index >= 15 is 0 Å². The van der Waals surface area contributed by atoms with Crippen molar-refractivity contribution < 1.29 is 0 Å². The summed E-state index contributed by atoms with van der Waals surface area (Å²) in [6.07, 6.45) is 2.70. The van der Waals surface area contributed by atoms with Crippen LogP contribution in [0.5, 0.6) is 0 Å². The Kier molecular flexibility index (Phi) is 5.57. The Morgan fingerprint density at radius 3 is 1.85 bits per heavy atom. The Morgan fingerprint density at radius 1 is 1.23 bits per heavy atom. The van der Waals surface area contributed by atoms with E-state index in [-0.39, 0.29) is 18.4 Å². The molecular weight excluding hydrogens is 164 g/mol. The monoisotopic (exact) mass is 184 g/mol. The van der Waals surface area contributed by atoms with Crippen LogP contribution in [0.2, 0.25) is 0 Å². The summed E-state index contributed by atoms with van der Waals surface area (Å²) in [7, 11) is 0. The molecule has 0 saturated heterocycles. The summed E-state index contributed by atoms with van der Waals surface area (Å²) in [6, 6.07) is 0.112. The number of nitrogens with two attached hydrogens (primary N) is 3. The van der Waals surface area contributed by atoms with Crippen molar-refractivity contribution in [3.8, 4) is 0 Å². The second-order valence-corrected chi connectivity index (χ2v) is 2.98. The van der Waals surface area contributed by atoms with Crippen LogP contribution in [0, 0.1) is 0 Å². The van der Waals surface area contributed by atoms with Gasteiger partial charge in [-0.2, -0.15) is 0 Å². The van der Waals surface area contributed by atoms with E-state index in [9.17, 15) is 0 Å². The van der Waals surface area contributed by atoms with Gasteiger partial charge in [-0.3, -0.25) is 4.90 Å². The lowest BCUT2D eigenvalue weighted by Gasteiger charge is -2.35. The van der Waals surface area contributed by atoms with E-state index in [1.54, 1.807) is 12.2 Å². The molecule has 0 saturated carbocycles. The van der Waals surface area contributed by atoms with Gasteiger partial charge < -0.3 is 17.2 Å². The maximum Gasteiger partial charge on any atom is 0.0779 e. The van der Waals surface area contributed by atoms with Gasteiger partial charge in [0.1, 0.15) is 0 Å². The summed E-state index contributed by atoms with van der Waals surface area (Å²) in [6.45, 7) is 9.70. The maximum absolute atomic E-state index is 5.79. The van der Waals surface area contributed by atoms with Crippen molar-refractivity contribution in [2.45, 2.75) is 25.3 Å². The van der Waals surface area contributed by atoms with Crippen LogP contribution in [0.25, 0.3) is 0 Å². The molecule has 0 aliphatic rings. The largest absolute Gasteiger partial charge is 0.329 e. The quantitative estimate of drug-likeness (QED) is 0.387. The zero-order chi connectivity index (χ0) is 10.4. The van der Waals surface area contributed by atoms with E-state index < -0.39 is 0 Å². The van der Waals surface area contributed by atoms with Gasteiger partial charge in [0.05, 0.1) is 12.3 Å². The third-order valence-electron chi connectivity index (χ3n) is 2.02.